The summed E-state index contributed by atoms with van der Waals surface area (Å²) < 4.78 is 31.9. The van der Waals surface area contributed by atoms with E-state index in [0.29, 0.717) is 21.6 Å². The fourth-order valence-electron chi connectivity index (χ4n) is 2.68. The van der Waals surface area contributed by atoms with Gasteiger partial charge in [-0.2, -0.15) is 8.78 Å². The zero-order chi connectivity index (χ0) is 20.4. The van der Waals surface area contributed by atoms with Crippen molar-refractivity contribution in [2.45, 2.75) is 13.0 Å². The lowest BCUT2D eigenvalue weighted by atomic mass is 10.2. The molecule has 0 saturated heterocycles. The summed E-state index contributed by atoms with van der Waals surface area (Å²) in [4.78, 5) is 21.3. The quantitative estimate of drug-likeness (QED) is 0.446. The first-order chi connectivity index (χ1) is 14.0. The topological polar surface area (TPSA) is 86.7 Å². The average Bonchev–Trinajstić information content (AvgIpc) is 3.23. The molecule has 29 heavy (non-hydrogen) atoms. The Morgan fingerprint density at radius 3 is 2.45 bits per heavy atom. The number of rotatable bonds is 5. The number of pyridine rings is 1. The summed E-state index contributed by atoms with van der Waals surface area (Å²) in [6.07, 6.45) is 0.0562. The van der Waals surface area contributed by atoms with Gasteiger partial charge in [-0.05, 0) is 28.1 Å². The van der Waals surface area contributed by atoms with Crippen molar-refractivity contribution in [3.63, 3.8) is 0 Å². The lowest BCUT2D eigenvalue weighted by Crippen LogP contribution is -2.24. The summed E-state index contributed by atoms with van der Waals surface area (Å²) in [6.45, 7) is 0.169. The van der Waals surface area contributed by atoms with Gasteiger partial charge in [0.25, 0.3) is 11.4 Å². The van der Waals surface area contributed by atoms with Crippen molar-refractivity contribution in [1.29, 1.82) is 0 Å². The molecule has 4 rings (SSSR count). The van der Waals surface area contributed by atoms with Crippen LogP contribution in [0.1, 0.15) is 18.0 Å². The second-order valence-electron chi connectivity index (χ2n) is 5.97. The van der Waals surface area contributed by atoms with Crippen LogP contribution in [-0.2, 0) is 6.54 Å². The number of alkyl halides is 2. The summed E-state index contributed by atoms with van der Waals surface area (Å²) in [5.41, 5.74) is 1.51. The molecule has 3 aromatic heterocycles. The highest BCUT2D eigenvalue weighted by Crippen LogP contribution is 2.23. The lowest BCUT2D eigenvalue weighted by molar-refractivity contribution is 0.116. The fraction of sp³-hybridized carbons (Fsp3) is 0.105. The largest absolute Gasteiger partial charge is 0.415 e. The normalized spacial score (nSPS) is 11.2. The molecule has 3 heterocycles. The molecule has 4 aromatic rings. The highest BCUT2D eigenvalue weighted by Gasteiger charge is 2.17. The molecule has 10 heteroatoms. The average molecular weight is 460 g/mol. The van der Waals surface area contributed by atoms with Crippen LogP contribution >= 0.6 is 15.9 Å². The molecule has 0 saturated carbocycles. The first-order valence-corrected chi connectivity index (χ1v) is 9.20. The molecule has 0 unspecified atom stereocenters. The van der Waals surface area contributed by atoms with Crippen molar-refractivity contribution in [3.05, 3.63) is 81.3 Å². The molecule has 0 N–H and O–H groups in total. The molecule has 0 aliphatic heterocycles. The van der Waals surface area contributed by atoms with Gasteiger partial charge in [0.1, 0.15) is 10.3 Å². The Labute approximate surface area is 171 Å². The number of hydrogen-bond donors (Lipinski definition) is 0. The number of halogens is 3. The Morgan fingerprint density at radius 2 is 1.79 bits per heavy atom. The molecule has 0 aliphatic rings. The second kappa shape index (κ2) is 8.00. The molecule has 0 atom stereocenters. The summed E-state index contributed by atoms with van der Waals surface area (Å²) in [5, 5.41) is 6.89. The second-order valence-corrected chi connectivity index (χ2v) is 6.83. The van der Waals surface area contributed by atoms with Crippen molar-refractivity contribution in [3.8, 4) is 22.8 Å². The minimum Gasteiger partial charge on any atom is -0.415 e. The van der Waals surface area contributed by atoms with Gasteiger partial charge in [0.2, 0.25) is 5.89 Å². The maximum Gasteiger partial charge on any atom is 0.314 e. The van der Waals surface area contributed by atoms with E-state index in [-0.39, 0.29) is 18.0 Å². The third-order valence-electron chi connectivity index (χ3n) is 4.06. The van der Waals surface area contributed by atoms with E-state index in [2.05, 4.69) is 36.1 Å². The van der Waals surface area contributed by atoms with Crippen LogP contribution in [0.25, 0.3) is 22.8 Å². The standard InChI is InChI=1S/C19H12BrF2N5O2/c20-14-9-24-16(11-4-2-1-3-5-11)27(19(14)28)10-13-7-6-12(8-23-13)17-25-26-18(29-17)15(21)22/h1-9,15H,10H2. The first-order valence-electron chi connectivity index (χ1n) is 8.40. The zero-order valence-corrected chi connectivity index (χ0v) is 16.3. The van der Waals surface area contributed by atoms with Gasteiger partial charge in [0, 0.05) is 18.0 Å². The van der Waals surface area contributed by atoms with E-state index in [9.17, 15) is 13.6 Å². The molecule has 0 fully saturated rings. The number of benzene rings is 1. The van der Waals surface area contributed by atoms with Crippen LogP contribution in [0.3, 0.4) is 0 Å². The van der Waals surface area contributed by atoms with Gasteiger partial charge in [-0.3, -0.25) is 14.3 Å². The highest BCUT2D eigenvalue weighted by molar-refractivity contribution is 9.10. The summed E-state index contributed by atoms with van der Waals surface area (Å²) >= 11 is 3.22. The van der Waals surface area contributed by atoms with Gasteiger partial charge < -0.3 is 4.42 Å². The van der Waals surface area contributed by atoms with Crippen LogP contribution in [0.15, 0.2) is 68.5 Å². The molecule has 0 spiro atoms. The van der Waals surface area contributed by atoms with Crippen LogP contribution in [0.2, 0.25) is 0 Å². The van der Waals surface area contributed by atoms with Crippen LogP contribution in [0, 0.1) is 0 Å². The van der Waals surface area contributed by atoms with Crippen LogP contribution in [0.4, 0.5) is 8.78 Å². The molecule has 0 amide bonds. The van der Waals surface area contributed by atoms with E-state index in [0.717, 1.165) is 5.56 Å². The molecule has 0 bridgehead atoms. The van der Waals surface area contributed by atoms with Crippen molar-refractivity contribution in [2.24, 2.45) is 0 Å². The molecular formula is C19H12BrF2N5O2. The number of nitrogens with zero attached hydrogens (tertiary/aromatic N) is 5. The third-order valence-corrected chi connectivity index (χ3v) is 4.60. The van der Waals surface area contributed by atoms with E-state index in [1.807, 2.05) is 30.3 Å². The molecule has 1 aromatic carbocycles. The predicted octanol–water partition coefficient (Wildman–Crippen LogP) is 4.10. The summed E-state index contributed by atoms with van der Waals surface area (Å²) in [7, 11) is 0. The van der Waals surface area contributed by atoms with Crippen LogP contribution < -0.4 is 5.56 Å². The van der Waals surface area contributed by atoms with Crippen molar-refractivity contribution >= 4 is 15.9 Å². The minimum absolute atomic E-state index is 0.0504. The Kier molecular flexibility index (Phi) is 5.26. The van der Waals surface area contributed by atoms with E-state index in [1.165, 1.54) is 17.0 Å². The van der Waals surface area contributed by atoms with Crippen molar-refractivity contribution in [1.82, 2.24) is 24.7 Å². The van der Waals surface area contributed by atoms with E-state index in [4.69, 9.17) is 4.42 Å². The smallest absolute Gasteiger partial charge is 0.314 e. The Morgan fingerprint density at radius 1 is 1.00 bits per heavy atom. The van der Waals surface area contributed by atoms with Crippen LogP contribution in [0.5, 0.6) is 0 Å². The SMILES string of the molecule is O=c1c(Br)cnc(-c2ccccc2)n1Cc1ccc(-c2nnc(C(F)F)o2)cn1. The Hall–Kier alpha value is -3.27. The molecule has 0 radical (unpaired) electrons. The Balaban J connectivity index is 1.66. The first kappa shape index (κ1) is 19.1. The van der Waals surface area contributed by atoms with E-state index >= 15 is 0 Å². The van der Waals surface area contributed by atoms with Gasteiger partial charge in [0.15, 0.2) is 0 Å². The van der Waals surface area contributed by atoms with E-state index < -0.39 is 12.3 Å². The number of aromatic nitrogens is 5. The lowest BCUT2D eigenvalue weighted by Gasteiger charge is -2.12. The van der Waals surface area contributed by atoms with Gasteiger partial charge in [-0.15, -0.1) is 10.2 Å². The van der Waals surface area contributed by atoms with Crippen LogP contribution in [-0.4, -0.2) is 24.7 Å². The van der Waals surface area contributed by atoms with Crippen molar-refractivity contribution < 1.29 is 13.2 Å². The predicted molar refractivity (Wildman–Crippen MR) is 103 cm³/mol. The number of hydrogen-bond acceptors (Lipinski definition) is 6. The fourth-order valence-corrected chi connectivity index (χ4v) is 2.99. The molecule has 0 aliphatic carbocycles. The van der Waals surface area contributed by atoms with Crippen molar-refractivity contribution in [2.75, 3.05) is 0 Å². The summed E-state index contributed by atoms with van der Waals surface area (Å²) in [5.74, 6) is -0.294. The minimum atomic E-state index is -2.84. The van der Waals surface area contributed by atoms with E-state index in [1.54, 1.807) is 12.1 Å². The zero-order valence-electron chi connectivity index (χ0n) is 14.7. The van der Waals surface area contributed by atoms with Gasteiger partial charge in [-0.1, -0.05) is 30.3 Å². The van der Waals surface area contributed by atoms with Gasteiger partial charge in [-0.25, -0.2) is 4.98 Å². The molecular weight excluding hydrogens is 448 g/mol. The molecule has 7 nitrogen and oxygen atoms in total. The molecule has 146 valence electrons. The third kappa shape index (κ3) is 3.97. The van der Waals surface area contributed by atoms with Gasteiger partial charge in [0.05, 0.1) is 17.8 Å². The maximum atomic E-state index is 12.7. The monoisotopic (exact) mass is 459 g/mol. The highest BCUT2D eigenvalue weighted by atomic mass is 79.9. The van der Waals surface area contributed by atoms with Gasteiger partial charge >= 0.3 is 6.43 Å². The summed E-state index contributed by atoms with van der Waals surface area (Å²) in [6, 6.07) is 12.6. The maximum absolute atomic E-state index is 12.7. The Bertz CT molecular complexity index is 1190.